The quantitative estimate of drug-likeness (QED) is 0.639. The molecule has 23 heavy (non-hydrogen) atoms. The van der Waals surface area contributed by atoms with Crippen molar-refractivity contribution in [1.29, 1.82) is 0 Å². The average molecular weight is 310 g/mol. The smallest absolute Gasteiger partial charge is 0.346 e. The first-order valence-electron chi connectivity index (χ1n) is 6.93. The lowest BCUT2D eigenvalue weighted by Crippen LogP contribution is -2.23. The minimum Gasteiger partial charge on any atom is -0.386 e. The molecule has 0 aliphatic carbocycles. The summed E-state index contributed by atoms with van der Waals surface area (Å²) in [7, 11) is 0. The number of esters is 2. The van der Waals surface area contributed by atoms with Gasteiger partial charge in [-0.05, 0) is 23.3 Å². The molecule has 0 saturated heterocycles. The summed E-state index contributed by atoms with van der Waals surface area (Å²) < 4.78 is 9.57. The number of Topliss-reactive ketones (excluding diaryl/α,β-unsaturated/α-hetero) is 1. The highest BCUT2D eigenvalue weighted by Crippen LogP contribution is 2.35. The number of carbonyl (C=O) groups is 3. The highest BCUT2D eigenvalue weighted by atomic mass is 16.6. The number of fused-ring (bicyclic) bond motifs is 2. The number of aliphatic hydroxyl groups excluding tert-OH is 1. The minimum absolute atomic E-state index is 0.171. The topological polar surface area (TPSA) is 89.9 Å². The predicted octanol–water partition coefficient (Wildman–Crippen LogP) is 1.87. The van der Waals surface area contributed by atoms with Crippen LogP contribution in [0.4, 0.5) is 0 Å². The van der Waals surface area contributed by atoms with Crippen molar-refractivity contribution in [2.24, 2.45) is 0 Å². The van der Waals surface area contributed by atoms with Crippen molar-refractivity contribution in [3.8, 4) is 11.1 Å². The summed E-state index contributed by atoms with van der Waals surface area (Å²) in [6, 6.07) is 9.69. The van der Waals surface area contributed by atoms with Gasteiger partial charge in [0.15, 0.2) is 12.1 Å². The normalized spacial score (nSPS) is 19.3. The van der Waals surface area contributed by atoms with E-state index < -0.39 is 18.2 Å². The van der Waals surface area contributed by atoms with Crippen molar-refractivity contribution >= 4 is 17.7 Å². The van der Waals surface area contributed by atoms with Crippen LogP contribution in [0.3, 0.4) is 0 Å². The predicted molar refractivity (Wildman–Crippen MR) is 76.9 cm³/mol. The van der Waals surface area contributed by atoms with Crippen LogP contribution in [0, 0.1) is 0 Å². The van der Waals surface area contributed by atoms with Crippen LogP contribution in [-0.4, -0.2) is 29.4 Å². The first-order valence-corrected chi connectivity index (χ1v) is 6.93. The fourth-order valence-electron chi connectivity index (χ4n) is 2.90. The molecule has 0 bridgehead atoms. The van der Waals surface area contributed by atoms with Crippen LogP contribution in [0.25, 0.3) is 11.1 Å². The van der Waals surface area contributed by atoms with E-state index in [1.165, 1.54) is 12.1 Å². The molecule has 2 aromatic rings. The maximum atomic E-state index is 12.2. The fraction of sp³-hybridized carbons (Fsp3) is 0.118. The van der Waals surface area contributed by atoms with Crippen molar-refractivity contribution < 1.29 is 29.0 Å². The maximum absolute atomic E-state index is 12.2. The second kappa shape index (κ2) is 4.84. The number of benzene rings is 2. The van der Waals surface area contributed by atoms with Crippen LogP contribution >= 0.6 is 0 Å². The van der Waals surface area contributed by atoms with Gasteiger partial charge in [0, 0.05) is 11.1 Å². The van der Waals surface area contributed by atoms with Gasteiger partial charge >= 0.3 is 11.9 Å². The number of ether oxygens (including phenoxy) is 2. The summed E-state index contributed by atoms with van der Waals surface area (Å²) in [5.41, 5.74) is 2.30. The third kappa shape index (κ3) is 2.00. The lowest BCUT2D eigenvalue weighted by Gasteiger charge is -2.23. The minimum atomic E-state index is -1.16. The molecule has 2 aliphatic rings. The van der Waals surface area contributed by atoms with Gasteiger partial charge in [-0.3, -0.25) is 4.79 Å². The lowest BCUT2D eigenvalue weighted by atomic mass is 9.90. The highest BCUT2D eigenvalue weighted by molar-refractivity contribution is 6.15. The van der Waals surface area contributed by atoms with Gasteiger partial charge in [-0.1, -0.05) is 24.3 Å². The van der Waals surface area contributed by atoms with E-state index in [9.17, 15) is 19.5 Å². The fourth-order valence-corrected chi connectivity index (χ4v) is 2.90. The Morgan fingerprint density at radius 1 is 0.957 bits per heavy atom. The Labute approximate surface area is 130 Å². The van der Waals surface area contributed by atoms with E-state index in [0.29, 0.717) is 22.3 Å². The van der Waals surface area contributed by atoms with Crippen LogP contribution in [-0.2, 0) is 9.47 Å². The third-order valence-corrected chi connectivity index (χ3v) is 3.97. The standard InChI is InChI=1S/C17H10O6/c18-13-7-22-15(19)11-3-1-2-9(14(11)13)8-4-5-10-12(6-8)17(21)23-16(10)20/h1-6,15,19H,7H2. The number of aliphatic hydroxyl groups is 1. The van der Waals surface area contributed by atoms with Gasteiger partial charge in [-0.25, -0.2) is 9.59 Å². The molecule has 6 heteroatoms. The van der Waals surface area contributed by atoms with Gasteiger partial charge in [0.05, 0.1) is 11.1 Å². The lowest BCUT2D eigenvalue weighted by molar-refractivity contribution is -0.0992. The first kappa shape index (κ1) is 13.8. The van der Waals surface area contributed by atoms with E-state index in [0.717, 1.165) is 0 Å². The van der Waals surface area contributed by atoms with Crippen molar-refractivity contribution in [2.45, 2.75) is 6.29 Å². The summed E-state index contributed by atoms with van der Waals surface area (Å²) >= 11 is 0. The molecule has 0 amide bonds. The molecule has 0 radical (unpaired) electrons. The Morgan fingerprint density at radius 3 is 2.57 bits per heavy atom. The van der Waals surface area contributed by atoms with Crippen molar-refractivity contribution in [3.05, 3.63) is 58.7 Å². The molecule has 0 aromatic heterocycles. The van der Waals surface area contributed by atoms with Gasteiger partial charge in [-0.15, -0.1) is 0 Å². The third-order valence-electron chi connectivity index (χ3n) is 3.97. The molecule has 2 aromatic carbocycles. The molecule has 1 unspecified atom stereocenters. The molecular formula is C17H10O6. The monoisotopic (exact) mass is 310 g/mol. The van der Waals surface area contributed by atoms with Crippen LogP contribution < -0.4 is 0 Å². The van der Waals surface area contributed by atoms with Gasteiger partial charge in [0.2, 0.25) is 0 Å². The molecule has 0 fully saturated rings. The zero-order chi connectivity index (χ0) is 16.1. The van der Waals surface area contributed by atoms with Crippen LogP contribution in [0.5, 0.6) is 0 Å². The molecule has 2 heterocycles. The van der Waals surface area contributed by atoms with Crippen molar-refractivity contribution in [2.75, 3.05) is 6.61 Å². The Hall–Kier alpha value is -2.83. The van der Waals surface area contributed by atoms with Gasteiger partial charge in [0.1, 0.15) is 6.61 Å². The maximum Gasteiger partial charge on any atom is 0.346 e. The van der Waals surface area contributed by atoms with Gasteiger partial charge in [-0.2, -0.15) is 0 Å². The molecule has 0 saturated carbocycles. The number of ketones is 1. The highest BCUT2D eigenvalue weighted by Gasteiger charge is 2.31. The van der Waals surface area contributed by atoms with Crippen molar-refractivity contribution in [1.82, 2.24) is 0 Å². The van der Waals surface area contributed by atoms with E-state index in [1.54, 1.807) is 24.3 Å². The zero-order valence-electron chi connectivity index (χ0n) is 11.7. The van der Waals surface area contributed by atoms with Gasteiger partial charge in [0.25, 0.3) is 0 Å². The second-order valence-electron chi connectivity index (χ2n) is 5.29. The molecule has 114 valence electrons. The summed E-state index contributed by atoms with van der Waals surface area (Å²) in [6.07, 6.45) is -1.16. The Balaban J connectivity index is 1.92. The number of carbonyl (C=O) groups excluding carboxylic acids is 3. The average Bonchev–Trinajstić information content (AvgIpc) is 2.85. The zero-order valence-corrected chi connectivity index (χ0v) is 11.7. The molecule has 6 nitrogen and oxygen atoms in total. The van der Waals surface area contributed by atoms with Crippen LogP contribution in [0.2, 0.25) is 0 Å². The molecule has 1 N–H and O–H groups in total. The van der Waals surface area contributed by atoms with E-state index in [1.807, 2.05) is 0 Å². The summed E-state index contributed by atoms with van der Waals surface area (Å²) in [5, 5.41) is 9.89. The Kier molecular flexibility index (Phi) is 2.90. The van der Waals surface area contributed by atoms with E-state index >= 15 is 0 Å². The van der Waals surface area contributed by atoms with Gasteiger partial charge < -0.3 is 14.6 Å². The largest absolute Gasteiger partial charge is 0.386 e. The Bertz CT molecular complexity index is 883. The molecular weight excluding hydrogens is 300 g/mol. The molecule has 1 atom stereocenters. The van der Waals surface area contributed by atoms with E-state index in [2.05, 4.69) is 4.74 Å². The van der Waals surface area contributed by atoms with Crippen LogP contribution in [0.15, 0.2) is 36.4 Å². The number of rotatable bonds is 1. The summed E-state index contributed by atoms with van der Waals surface area (Å²) in [4.78, 5) is 35.4. The number of hydrogen-bond donors (Lipinski definition) is 1. The summed E-state index contributed by atoms with van der Waals surface area (Å²) in [5.74, 6) is -1.63. The van der Waals surface area contributed by atoms with Crippen molar-refractivity contribution in [3.63, 3.8) is 0 Å². The molecule has 4 rings (SSSR count). The number of hydrogen-bond acceptors (Lipinski definition) is 6. The first-order chi connectivity index (χ1) is 11.1. The van der Waals surface area contributed by atoms with E-state index in [-0.39, 0.29) is 23.5 Å². The van der Waals surface area contributed by atoms with E-state index in [4.69, 9.17) is 4.74 Å². The second-order valence-corrected chi connectivity index (χ2v) is 5.29. The summed E-state index contributed by atoms with van der Waals surface area (Å²) in [6.45, 7) is -0.212. The SMILES string of the molecule is O=C1OC(=O)c2cc(-c3cccc4c3C(=O)COC4O)ccc21. The molecule has 2 aliphatic heterocycles. The molecule has 0 spiro atoms. The number of cyclic esters (lactones) is 2. The van der Waals surface area contributed by atoms with Crippen LogP contribution in [0.1, 0.15) is 42.9 Å². The Morgan fingerprint density at radius 2 is 1.74 bits per heavy atom.